The maximum absolute atomic E-state index is 9.33. The molecule has 1 rings (SSSR count). The number of aliphatic hydroxyl groups excluding tert-OH is 1. The Morgan fingerprint density at radius 3 is 1.61 bits per heavy atom. The van der Waals surface area contributed by atoms with Gasteiger partial charge >= 0.3 is 0 Å². The Labute approximate surface area is 236 Å². The van der Waals surface area contributed by atoms with Crippen LogP contribution in [0.3, 0.4) is 0 Å². The van der Waals surface area contributed by atoms with E-state index in [-0.39, 0.29) is 18.8 Å². The van der Waals surface area contributed by atoms with Crippen LogP contribution in [-0.2, 0) is 9.47 Å². The number of ether oxygens (including phenoxy) is 2. The molecular formula is C33H62N2O3. The first-order valence-corrected chi connectivity index (χ1v) is 16.4. The molecule has 0 aromatic carbocycles. The van der Waals surface area contributed by atoms with Gasteiger partial charge in [0.05, 0.1) is 37.2 Å². The monoisotopic (exact) mass is 534 g/mol. The van der Waals surface area contributed by atoms with Crippen LogP contribution in [-0.4, -0.2) is 30.2 Å². The minimum Gasteiger partial charge on any atom is -0.392 e. The van der Waals surface area contributed by atoms with Crippen LogP contribution in [0.2, 0.25) is 0 Å². The highest BCUT2D eigenvalue weighted by molar-refractivity contribution is 4.77. The first-order valence-electron chi connectivity index (χ1n) is 16.4. The van der Waals surface area contributed by atoms with Gasteiger partial charge in [-0.3, -0.25) is 0 Å². The Morgan fingerprint density at radius 1 is 0.684 bits per heavy atom. The van der Waals surface area contributed by atoms with E-state index in [0.29, 0.717) is 6.42 Å². The van der Waals surface area contributed by atoms with Crippen LogP contribution in [0.4, 0.5) is 0 Å². The Hall–Kier alpha value is -1.14. The number of aliphatic hydroxyl groups is 1. The average molecular weight is 535 g/mol. The molecule has 0 aromatic heterocycles. The lowest BCUT2D eigenvalue weighted by atomic mass is 10.0. The highest BCUT2D eigenvalue weighted by Gasteiger charge is 2.19. The summed E-state index contributed by atoms with van der Waals surface area (Å²) < 4.78 is 11.6. The molecule has 5 nitrogen and oxygen atoms in total. The number of unbranched alkanes of at least 4 members (excludes halogenated alkanes) is 16. The molecule has 0 saturated carbocycles. The highest BCUT2D eigenvalue weighted by atomic mass is 16.7. The molecule has 38 heavy (non-hydrogen) atoms. The number of hydrogen-bond donors (Lipinski definition) is 1. The van der Waals surface area contributed by atoms with Gasteiger partial charge in [0.1, 0.15) is 0 Å². The van der Waals surface area contributed by atoms with Gasteiger partial charge in [-0.15, -0.1) is 0 Å². The summed E-state index contributed by atoms with van der Waals surface area (Å²) in [4.78, 5) is 0. The molecule has 0 bridgehead atoms. The van der Waals surface area contributed by atoms with Crippen LogP contribution >= 0.6 is 0 Å². The van der Waals surface area contributed by atoms with Gasteiger partial charge in [-0.05, 0) is 32.1 Å². The zero-order valence-electron chi connectivity index (χ0n) is 25.3. The van der Waals surface area contributed by atoms with Crippen LogP contribution in [0.25, 0.3) is 0 Å². The van der Waals surface area contributed by atoms with Gasteiger partial charge in [-0.25, -0.2) is 0 Å². The molecule has 0 amide bonds. The average Bonchev–Trinajstić information content (AvgIpc) is 2.92. The number of hydrogen-bond acceptors (Lipinski definition) is 5. The van der Waals surface area contributed by atoms with E-state index in [0.717, 1.165) is 38.7 Å². The first kappa shape index (κ1) is 36.9. The molecule has 0 radical (unpaired) electrons. The third-order valence-electron chi connectivity index (χ3n) is 7.40. The molecule has 3 atom stereocenters. The largest absolute Gasteiger partial charge is 0.392 e. The summed E-state index contributed by atoms with van der Waals surface area (Å²) in [5, 5.41) is 26.6. The fraction of sp³-hybridized carbons (Fsp3) is 0.939. The lowest BCUT2D eigenvalue weighted by Gasteiger charge is -2.26. The van der Waals surface area contributed by atoms with Crippen LogP contribution < -0.4 is 0 Å². The predicted octanol–water partition coefficient (Wildman–Crippen LogP) is 9.91. The first-order chi connectivity index (χ1) is 18.7. The fourth-order valence-electron chi connectivity index (χ4n) is 4.93. The van der Waals surface area contributed by atoms with Crippen molar-refractivity contribution in [3.05, 3.63) is 0 Å². The van der Waals surface area contributed by atoms with Gasteiger partial charge < -0.3 is 14.6 Å². The normalized spacial score (nSPS) is 16.6. The lowest BCUT2D eigenvalue weighted by Crippen LogP contribution is -2.27. The Kier molecular flexibility index (Phi) is 29.5. The van der Waals surface area contributed by atoms with E-state index in [4.69, 9.17) is 20.0 Å². The van der Waals surface area contributed by atoms with E-state index in [1.54, 1.807) is 0 Å². The molecule has 1 aliphatic heterocycles. The van der Waals surface area contributed by atoms with E-state index in [2.05, 4.69) is 19.9 Å². The molecule has 0 aliphatic carbocycles. The standard InChI is InChI=1S/C19H35NO2.C14H27NO/c1-2-3-4-5-6-7-8-9-10-13-18(15-16-20)22-19-14-11-12-17-21-19;1-2-3-4-5-6-7-8-9-10-11-14(16)12-13-15/h18-19H,2-15,17H2,1H3;14,16H,2-12H2,1H3/t18-,19?;14-/m11/s1. The van der Waals surface area contributed by atoms with Crippen LogP contribution in [0, 0.1) is 22.7 Å². The molecule has 1 heterocycles. The molecule has 1 fully saturated rings. The maximum atomic E-state index is 9.33. The van der Waals surface area contributed by atoms with Crippen molar-refractivity contribution >= 4 is 0 Å². The van der Waals surface area contributed by atoms with Crippen molar-refractivity contribution in [3.8, 4) is 12.1 Å². The number of rotatable bonds is 24. The minimum atomic E-state index is -0.394. The molecule has 1 unspecified atom stereocenters. The van der Waals surface area contributed by atoms with E-state index >= 15 is 0 Å². The number of nitriles is 2. The lowest BCUT2D eigenvalue weighted by molar-refractivity contribution is -0.188. The third-order valence-corrected chi connectivity index (χ3v) is 7.40. The molecule has 5 heteroatoms. The molecule has 1 N–H and O–H groups in total. The van der Waals surface area contributed by atoms with E-state index in [1.807, 2.05) is 6.07 Å². The van der Waals surface area contributed by atoms with Crippen LogP contribution in [0.1, 0.15) is 174 Å². The summed E-state index contributed by atoms with van der Waals surface area (Å²) in [6.07, 6.45) is 29.2. The van der Waals surface area contributed by atoms with Crippen molar-refractivity contribution in [2.24, 2.45) is 0 Å². The highest BCUT2D eigenvalue weighted by Crippen LogP contribution is 2.20. The maximum Gasteiger partial charge on any atom is 0.157 e. The van der Waals surface area contributed by atoms with Crippen molar-refractivity contribution in [3.63, 3.8) is 0 Å². The molecule has 1 aliphatic rings. The summed E-state index contributed by atoms with van der Waals surface area (Å²) in [5.41, 5.74) is 0. The summed E-state index contributed by atoms with van der Waals surface area (Å²) in [5.74, 6) is 0. The van der Waals surface area contributed by atoms with Crippen molar-refractivity contribution < 1.29 is 14.6 Å². The van der Waals surface area contributed by atoms with Crippen molar-refractivity contribution in [1.82, 2.24) is 0 Å². The number of nitrogens with zero attached hydrogens (tertiary/aromatic N) is 2. The molecule has 1 saturated heterocycles. The molecule has 222 valence electrons. The van der Waals surface area contributed by atoms with E-state index < -0.39 is 6.10 Å². The van der Waals surface area contributed by atoms with Gasteiger partial charge in [0.15, 0.2) is 6.29 Å². The van der Waals surface area contributed by atoms with E-state index in [1.165, 1.54) is 116 Å². The molecule has 0 spiro atoms. The predicted molar refractivity (Wildman–Crippen MR) is 159 cm³/mol. The Bertz CT molecular complexity index is 551. The zero-order chi connectivity index (χ0) is 27.9. The van der Waals surface area contributed by atoms with Gasteiger partial charge in [-0.1, -0.05) is 129 Å². The van der Waals surface area contributed by atoms with Crippen LogP contribution in [0.15, 0.2) is 0 Å². The second kappa shape index (κ2) is 30.4. The van der Waals surface area contributed by atoms with Crippen molar-refractivity contribution in [2.75, 3.05) is 6.61 Å². The Balaban J connectivity index is 0.000000761. The van der Waals surface area contributed by atoms with Crippen molar-refractivity contribution in [1.29, 1.82) is 10.5 Å². The zero-order valence-corrected chi connectivity index (χ0v) is 25.3. The molecule has 0 aromatic rings. The Morgan fingerprint density at radius 2 is 1.16 bits per heavy atom. The summed E-state index contributed by atoms with van der Waals surface area (Å²) in [6, 6.07) is 4.26. The summed E-state index contributed by atoms with van der Waals surface area (Å²) in [6.45, 7) is 5.31. The van der Waals surface area contributed by atoms with Gasteiger partial charge in [0.25, 0.3) is 0 Å². The van der Waals surface area contributed by atoms with Gasteiger partial charge in [-0.2, -0.15) is 10.5 Å². The quantitative estimate of drug-likeness (QED) is 0.124. The van der Waals surface area contributed by atoms with Crippen molar-refractivity contribution in [2.45, 2.75) is 193 Å². The van der Waals surface area contributed by atoms with Gasteiger partial charge in [0.2, 0.25) is 0 Å². The smallest absolute Gasteiger partial charge is 0.157 e. The second-order valence-electron chi connectivity index (χ2n) is 11.2. The van der Waals surface area contributed by atoms with E-state index in [9.17, 15) is 5.11 Å². The van der Waals surface area contributed by atoms with Gasteiger partial charge in [0, 0.05) is 6.61 Å². The van der Waals surface area contributed by atoms with Crippen LogP contribution in [0.5, 0.6) is 0 Å². The fourth-order valence-corrected chi connectivity index (χ4v) is 4.93. The minimum absolute atomic E-state index is 0.0642. The SMILES string of the molecule is CCCCCCCCCCC[C@@H](O)CC#N.CCCCCCCCCCC[C@H](CC#N)OC1CCCCO1. The summed E-state index contributed by atoms with van der Waals surface area (Å²) in [7, 11) is 0. The summed E-state index contributed by atoms with van der Waals surface area (Å²) >= 11 is 0. The third kappa shape index (κ3) is 26.5. The molecular weight excluding hydrogens is 472 g/mol. The second-order valence-corrected chi connectivity index (χ2v) is 11.2. The topological polar surface area (TPSA) is 86.3 Å².